The normalized spacial score (nSPS) is 16.6. The van der Waals surface area contributed by atoms with Crippen molar-refractivity contribution >= 4 is 74.8 Å². The van der Waals surface area contributed by atoms with Crippen molar-refractivity contribution in [1.29, 1.82) is 0 Å². The van der Waals surface area contributed by atoms with Crippen LogP contribution in [0.5, 0.6) is 5.75 Å². The summed E-state index contributed by atoms with van der Waals surface area (Å²) in [5.41, 5.74) is 8.11. The molecule has 0 radical (unpaired) electrons. The van der Waals surface area contributed by atoms with E-state index in [0.717, 1.165) is 69.8 Å². The summed E-state index contributed by atoms with van der Waals surface area (Å²) in [6, 6.07) is 19.8. The number of aliphatic hydroxyl groups is 1. The van der Waals surface area contributed by atoms with Crippen molar-refractivity contribution in [2.24, 2.45) is 5.41 Å². The number of aromatic nitrogens is 4. The van der Waals surface area contributed by atoms with Gasteiger partial charge in [0, 0.05) is 80.1 Å². The summed E-state index contributed by atoms with van der Waals surface area (Å²) in [5.74, 6) is -0.542. The minimum absolute atomic E-state index is 0.0260. The number of ether oxygens (including phenoxy) is 3. The quantitative estimate of drug-likeness (QED) is 0.0533. The van der Waals surface area contributed by atoms with E-state index >= 15 is 0 Å². The van der Waals surface area contributed by atoms with Gasteiger partial charge in [0.2, 0.25) is 29.6 Å². The number of thiazole rings is 1. The molecule has 386 valence electrons. The highest BCUT2D eigenvalue weighted by molar-refractivity contribution is 7.13. The number of H-pyrrole nitrogens is 1. The van der Waals surface area contributed by atoms with Crippen LogP contribution in [-0.4, -0.2) is 143 Å². The van der Waals surface area contributed by atoms with Crippen molar-refractivity contribution in [3.8, 4) is 27.4 Å². The molecule has 4 amide bonds. The van der Waals surface area contributed by atoms with Crippen molar-refractivity contribution in [3.63, 3.8) is 0 Å². The van der Waals surface area contributed by atoms with Gasteiger partial charge in [-0.15, -0.1) is 11.3 Å². The molecule has 1 unspecified atom stereocenters. The lowest BCUT2D eigenvalue weighted by Crippen LogP contribution is -2.58. The van der Waals surface area contributed by atoms with Crippen molar-refractivity contribution < 1.29 is 38.5 Å². The van der Waals surface area contributed by atoms with Crippen molar-refractivity contribution in [2.75, 3.05) is 70.4 Å². The van der Waals surface area contributed by atoms with Crippen LogP contribution in [0.1, 0.15) is 51.3 Å². The van der Waals surface area contributed by atoms with Crippen LogP contribution in [0.2, 0.25) is 5.02 Å². The minimum Gasteiger partial charge on any atom is -0.494 e. The van der Waals surface area contributed by atoms with Gasteiger partial charge in [0.05, 0.1) is 65.1 Å². The summed E-state index contributed by atoms with van der Waals surface area (Å²) < 4.78 is 17.0. The number of benzene rings is 3. The molecule has 2 saturated heterocycles. The molecule has 5 heterocycles. The van der Waals surface area contributed by atoms with Gasteiger partial charge in [0.25, 0.3) is 0 Å². The minimum atomic E-state index is -1.00. The second-order valence-corrected chi connectivity index (χ2v) is 20.7. The first-order valence-electron chi connectivity index (χ1n) is 24.3. The number of piperidine rings is 1. The Morgan fingerprint density at radius 1 is 1.00 bits per heavy atom. The maximum absolute atomic E-state index is 14.0. The molecule has 3 aromatic carbocycles. The fourth-order valence-corrected chi connectivity index (χ4v) is 10.2. The maximum atomic E-state index is 14.0. The first-order chi connectivity index (χ1) is 35.1. The number of nitrogens with zero attached hydrogens (tertiary/aromatic N) is 6. The van der Waals surface area contributed by atoms with Crippen molar-refractivity contribution in [3.05, 3.63) is 101 Å². The van der Waals surface area contributed by atoms with Gasteiger partial charge in [0.15, 0.2) is 0 Å². The summed E-state index contributed by atoms with van der Waals surface area (Å²) >= 11 is 8.13. The zero-order valence-electron chi connectivity index (χ0n) is 41.9. The Morgan fingerprint density at radius 2 is 1.74 bits per heavy atom. The Hall–Kier alpha value is -6.64. The Balaban J connectivity index is 0.744. The molecule has 6 aromatic rings. The number of aromatic amines is 1. The topological polar surface area (TPSA) is 216 Å². The van der Waals surface area contributed by atoms with Gasteiger partial charge in [0.1, 0.15) is 31.0 Å². The molecule has 3 atom stereocenters. The molecule has 0 bridgehead atoms. The van der Waals surface area contributed by atoms with Crippen LogP contribution in [0.3, 0.4) is 0 Å². The average molecular weight is 1040 g/mol. The molecule has 8 rings (SSSR count). The summed E-state index contributed by atoms with van der Waals surface area (Å²) in [7, 11) is 3.40. The highest BCUT2D eigenvalue weighted by Gasteiger charge is 2.44. The summed E-state index contributed by atoms with van der Waals surface area (Å²) in [6.45, 7) is 8.70. The van der Waals surface area contributed by atoms with Gasteiger partial charge in [-0.1, -0.05) is 74.8 Å². The van der Waals surface area contributed by atoms with Crippen LogP contribution >= 0.6 is 22.9 Å². The number of carbonyl (C=O) groups excluding carboxylic acids is 4. The number of hydrogen-bond donors (Lipinski definition) is 5. The third-order valence-electron chi connectivity index (χ3n) is 13.3. The first kappa shape index (κ1) is 52.7. The van der Waals surface area contributed by atoms with Gasteiger partial charge in [-0.05, 0) is 54.5 Å². The molecule has 73 heavy (non-hydrogen) atoms. The number of β-amino-alcohol motifs (C(OH)–C–C–N with tert-alkyl or cyclic N) is 1. The number of aliphatic hydroxyl groups excluding tert-OH is 1. The number of amides is 4. The number of fused-ring (bicyclic) bond motifs is 1. The van der Waals surface area contributed by atoms with Crippen molar-refractivity contribution in [2.45, 2.75) is 77.7 Å². The first-order valence-corrected chi connectivity index (χ1v) is 25.6. The van der Waals surface area contributed by atoms with Crippen LogP contribution in [0, 0.1) is 12.3 Å². The zero-order chi connectivity index (χ0) is 51.8. The highest BCUT2D eigenvalue weighted by Crippen LogP contribution is 2.36. The second-order valence-electron chi connectivity index (χ2n) is 19.4. The molecule has 3 aromatic heterocycles. The smallest absolute Gasteiger partial charge is 0.248 e. The highest BCUT2D eigenvalue weighted by atomic mass is 35.5. The molecule has 2 fully saturated rings. The molecule has 20 heteroatoms. The molecule has 0 saturated carbocycles. The molecular formula is C53H63ClN10O8S. The molecular weight excluding hydrogens is 972 g/mol. The molecule has 0 spiro atoms. The van der Waals surface area contributed by atoms with E-state index in [0.29, 0.717) is 28.1 Å². The number of rotatable bonds is 19. The molecule has 18 nitrogen and oxygen atoms in total. The monoisotopic (exact) mass is 1030 g/mol. The Bertz CT molecular complexity index is 2900. The van der Waals surface area contributed by atoms with Gasteiger partial charge in [-0.2, -0.15) is 0 Å². The number of halogens is 1. The number of aryl methyl sites for hydroxylation is 1. The summed E-state index contributed by atoms with van der Waals surface area (Å²) in [6.07, 6.45) is 4.17. The van der Waals surface area contributed by atoms with Gasteiger partial charge in [-0.25, -0.2) is 15.0 Å². The van der Waals surface area contributed by atoms with Crippen LogP contribution in [-0.2, 0) is 35.2 Å². The van der Waals surface area contributed by atoms with Crippen molar-refractivity contribution in [1.82, 2.24) is 40.4 Å². The second kappa shape index (κ2) is 23.5. The SMILES string of the molecule is COc1cc(N2CCC(N(C)C(=O)COCCOCC(=O)NC(C(=O)N3C[C@H](O)C[C@H]3C(=O)NCc3ccc(-c4scnc4C)cc3)C(C)(C)C)CC2)ccc1Nc1ncc(Cl)c(-c2c[nH]c3ccccc23)n1. The Labute approximate surface area is 433 Å². The zero-order valence-corrected chi connectivity index (χ0v) is 43.5. The summed E-state index contributed by atoms with van der Waals surface area (Å²) in [4.78, 5) is 77.0. The number of likely N-dealkylation sites (tertiary alicyclic amines) is 1. The largest absolute Gasteiger partial charge is 0.494 e. The van der Waals surface area contributed by atoms with E-state index in [-0.39, 0.29) is 63.8 Å². The Morgan fingerprint density at radius 3 is 2.45 bits per heavy atom. The standard InChI is InChI=1S/C53H63ClN10O8S/c1-32-48(73-31-58-32)34-13-11-33(12-14-34)25-56-50(68)43-24-37(65)28-64(43)51(69)49(53(2,3)4)60-45(66)29-71-21-22-72-30-46(67)62(5)35-17-19-63(20-18-35)36-15-16-42(44(23-36)70-6)59-52-57-27-40(54)47(61-52)39-26-55-41-10-8-7-9-38(39)41/h7-16,23,26-27,31,35,37,43,49,55,65H,17-22,24-25,28-30H2,1-6H3,(H,56,68)(H,60,66)(H,57,59,61)/t37-,43+,49?/m1/s1. The third-order valence-corrected chi connectivity index (χ3v) is 14.6. The number of para-hydroxylation sites is 1. The predicted octanol–water partition coefficient (Wildman–Crippen LogP) is 6.73. The fraction of sp³-hybridized carbons (Fsp3) is 0.415. The van der Waals surface area contributed by atoms with E-state index in [9.17, 15) is 24.3 Å². The van der Waals surface area contributed by atoms with E-state index in [1.54, 1.807) is 36.6 Å². The van der Waals surface area contributed by atoms with E-state index in [2.05, 4.69) is 35.8 Å². The predicted molar refractivity (Wildman–Crippen MR) is 282 cm³/mol. The fourth-order valence-electron chi connectivity index (χ4n) is 9.23. The number of likely N-dealkylation sites (N-methyl/N-ethyl adjacent to an activating group) is 1. The van der Waals surface area contributed by atoms with Gasteiger partial charge in [-0.3, -0.25) is 19.2 Å². The van der Waals surface area contributed by atoms with Gasteiger partial charge >= 0.3 is 0 Å². The Kier molecular flexibility index (Phi) is 16.9. The maximum Gasteiger partial charge on any atom is 0.248 e. The number of anilines is 3. The van der Waals surface area contributed by atoms with Crippen LogP contribution in [0.25, 0.3) is 32.6 Å². The lowest BCUT2D eigenvalue weighted by atomic mass is 9.85. The van der Waals surface area contributed by atoms with Gasteiger partial charge < -0.3 is 55.0 Å². The van der Waals surface area contributed by atoms with Crippen LogP contribution < -0.4 is 25.6 Å². The molecule has 0 aliphatic carbocycles. The number of hydrogen-bond acceptors (Lipinski definition) is 14. The van der Waals surface area contributed by atoms with Crippen LogP contribution in [0.15, 0.2) is 84.6 Å². The third kappa shape index (κ3) is 12.8. The number of carbonyl (C=O) groups is 4. The molecule has 2 aliphatic rings. The molecule has 5 N–H and O–H groups in total. The lowest BCUT2D eigenvalue weighted by Gasteiger charge is -2.38. The van der Waals surface area contributed by atoms with Crippen LogP contribution in [0.4, 0.5) is 17.3 Å². The number of methoxy groups -OCH3 is 1. The van der Waals surface area contributed by atoms with E-state index in [1.165, 1.54) is 4.90 Å². The molecule has 2 aliphatic heterocycles. The van der Waals surface area contributed by atoms with E-state index < -0.39 is 35.4 Å². The average Bonchev–Trinajstić information content (AvgIpc) is 4.14. The summed E-state index contributed by atoms with van der Waals surface area (Å²) in [5, 5.41) is 21.0. The lowest BCUT2D eigenvalue weighted by molar-refractivity contribution is -0.144. The van der Waals surface area contributed by atoms with E-state index in [4.69, 9.17) is 30.8 Å². The van der Waals surface area contributed by atoms with E-state index in [1.807, 2.05) is 106 Å². The number of nitrogens with one attached hydrogen (secondary N) is 4.